The highest BCUT2D eigenvalue weighted by molar-refractivity contribution is 7.74. The molecule has 0 aliphatic rings. The maximum absolute atomic E-state index is 2.34. The first-order valence-corrected chi connectivity index (χ1v) is 7.74. The van der Waals surface area contributed by atoms with Crippen LogP contribution >= 0.6 is 7.92 Å². The Balaban J connectivity index is 2.47. The summed E-state index contributed by atoms with van der Waals surface area (Å²) in [5.41, 5.74) is 1.33. The summed E-state index contributed by atoms with van der Waals surface area (Å²) in [6.45, 7) is 9.16. The van der Waals surface area contributed by atoms with Crippen molar-refractivity contribution in [2.75, 3.05) is 0 Å². The number of hydrogen-bond donors (Lipinski definition) is 0. The lowest BCUT2D eigenvalue weighted by Gasteiger charge is -2.32. The third-order valence-corrected chi connectivity index (χ3v) is 5.95. The Morgan fingerprint density at radius 3 is 1.72 bits per heavy atom. The molecule has 0 amide bonds. The lowest BCUT2D eigenvalue weighted by Crippen LogP contribution is -2.26. The summed E-state index contributed by atoms with van der Waals surface area (Å²) in [4.78, 5) is 0. The topological polar surface area (TPSA) is 0 Å². The Morgan fingerprint density at radius 1 is 0.722 bits per heavy atom. The van der Waals surface area contributed by atoms with Gasteiger partial charge in [-0.05, 0) is 30.6 Å². The van der Waals surface area contributed by atoms with E-state index in [9.17, 15) is 0 Å². The lowest BCUT2D eigenvalue weighted by molar-refractivity contribution is 0.793. The van der Waals surface area contributed by atoms with Crippen molar-refractivity contribution >= 4 is 18.5 Å². The minimum absolute atomic E-state index is 0.284. The molecule has 1 atom stereocenters. The third kappa shape index (κ3) is 3.00. The van der Waals surface area contributed by atoms with Crippen molar-refractivity contribution in [3.05, 3.63) is 60.2 Å². The smallest absolute Gasteiger partial charge is 0.00991 e. The SMILES string of the molecule is Cc1ccc(P(c2ccccc2)C(C)(C)C)cc1. The van der Waals surface area contributed by atoms with Gasteiger partial charge in [0.05, 0.1) is 0 Å². The molecule has 94 valence electrons. The van der Waals surface area contributed by atoms with Gasteiger partial charge in [-0.1, -0.05) is 80.9 Å². The average Bonchev–Trinajstić information content (AvgIpc) is 2.32. The van der Waals surface area contributed by atoms with Crippen molar-refractivity contribution in [1.82, 2.24) is 0 Å². The van der Waals surface area contributed by atoms with Gasteiger partial charge in [-0.25, -0.2) is 0 Å². The lowest BCUT2D eigenvalue weighted by atomic mass is 10.2. The second kappa shape index (κ2) is 5.24. The summed E-state index contributed by atoms with van der Waals surface area (Å²) >= 11 is 0. The van der Waals surface area contributed by atoms with Crippen LogP contribution in [0, 0.1) is 6.92 Å². The highest BCUT2D eigenvalue weighted by Crippen LogP contribution is 2.47. The Bertz CT molecular complexity index is 491. The van der Waals surface area contributed by atoms with Gasteiger partial charge in [-0.15, -0.1) is 0 Å². The van der Waals surface area contributed by atoms with Gasteiger partial charge < -0.3 is 0 Å². The van der Waals surface area contributed by atoms with Gasteiger partial charge in [-0.2, -0.15) is 0 Å². The van der Waals surface area contributed by atoms with Crippen LogP contribution in [0.4, 0.5) is 0 Å². The molecule has 0 nitrogen and oxygen atoms in total. The molecule has 0 radical (unpaired) electrons. The quantitative estimate of drug-likeness (QED) is 0.705. The average molecular weight is 256 g/mol. The number of rotatable bonds is 2. The molecular formula is C17H21P. The summed E-state index contributed by atoms with van der Waals surface area (Å²) in [7, 11) is -0.304. The second-order valence-corrected chi connectivity index (χ2v) is 8.72. The summed E-state index contributed by atoms with van der Waals surface area (Å²) < 4.78 is 0. The predicted molar refractivity (Wildman–Crippen MR) is 83.6 cm³/mol. The molecule has 0 N–H and O–H groups in total. The third-order valence-electron chi connectivity index (χ3n) is 2.98. The Morgan fingerprint density at radius 2 is 1.22 bits per heavy atom. The fourth-order valence-electron chi connectivity index (χ4n) is 2.19. The normalized spacial score (nSPS) is 13.3. The molecule has 0 aliphatic carbocycles. The maximum atomic E-state index is 2.34. The highest BCUT2D eigenvalue weighted by atomic mass is 31.1. The molecule has 0 saturated carbocycles. The van der Waals surface area contributed by atoms with E-state index >= 15 is 0 Å². The summed E-state index contributed by atoms with van der Waals surface area (Å²) in [5, 5.41) is 3.21. The van der Waals surface area contributed by atoms with Crippen molar-refractivity contribution in [1.29, 1.82) is 0 Å². The molecule has 2 aromatic carbocycles. The molecule has 18 heavy (non-hydrogen) atoms. The van der Waals surface area contributed by atoms with E-state index in [1.54, 1.807) is 0 Å². The predicted octanol–water partition coefficient (Wildman–Crippen LogP) is 4.23. The van der Waals surface area contributed by atoms with Gasteiger partial charge in [-0.3, -0.25) is 0 Å². The minimum atomic E-state index is -0.304. The summed E-state index contributed by atoms with van der Waals surface area (Å²) in [6, 6.07) is 19.9. The highest BCUT2D eigenvalue weighted by Gasteiger charge is 2.27. The van der Waals surface area contributed by atoms with Crippen LogP contribution in [0.2, 0.25) is 0 Å². The van der Waals surface area contributed by atoms with Crippen LogP contribution in [0.15, 0.2) is 54.6 Å². The van der Waals surface area contributed by atoms with Crippen LogP contribution in [0.25, 0.3) is 0 Å². The van der Waals surface area contributed by atoms with Gasteiger partial charge in [0.15, 0.2) is 0 Å². The standard InChI is InChI=1S/C17H21P/c1-14-10-12-16(13-11-14)18(17(2,3)4)15-8-6-5-7-9-15/h5-13H,1-4H3. The molecule has 0 fully saturated rings. The Labute approximate surface area is 112 Å². The summed E-state index contributed by atoms with van der Waals surface area (Å²) in [6.07, 6.45) is 0. The zero-order valence-electron chi connectivity index (χ0n) is 11.6. The Hall–Kier alpha value is -1.13. The van der Waals surface area contributed by atoms with Crippen molar-refractivity contribution < 1.29 is 0 Å². The molecular weight excluding hydrogens is 235 g/mol. The van der Waals surface area contributed by atoms with Gasteiger partial charge in [0, 0.05) is 0 Å². The first-order valence-electron chi connectivity index (χ1n) is 6.40. The molecule has 0 heterocycles. The van der Waals surface area contributed by atoms with Gasteiger partial charge >= 0.3 is 0 Å². The fourth-order valence-corrected chi connectivity index (χ4v) is 4.96. The molecule has 0 aliphatic heterocycles. The molecule has 1 heteroatoms. The van der Waals surface area contributed by atoms with Crippen molar-refractivity contribution in [2.45, 2.75) is 32.9 Å². The molecule has 1 unspecified atom stereocenters. The van der Waals surface area contributed by atoms with Crippen LogP contribution in [-0.4, -0.2) is 5.16 Å². The zero-order valence-corrected chi connectivity index (χ0v) is 12.5. The van der Waals surface area contributed by atoms with E-state index in [0.717, 1.165) is 0 Å². The van der Waals surface area contributed by atoms with E-state index in [2.05, 4.69) is 82.3 Å². The van der Waals surface area contributed by atoms with Gasteiger partial charge in [0.2, 0.25) is 0 Å². The van der Waals surface area contributed by atoms with E-state index in [-0.39, 0.29) is 13.1 Å². The molecule has 0 bridgehead atoms. The van der Waals surface area contributed by atoms with Crippen LogP contribution < -0.4 is 10.6 Å². The van der Waals surface area contributed by atoms with E-state index in [0.29, 0.717) is 0 Å². The van der Waals surface area contributed by atoms with Crippen molar-refractivity contribution in [3.8, 4) is 0 Å². The molecule has 0 spiro atoms. The first-order chi connectivity index (χ1) is 8.48. The van der Waals surface area contributed by atoms with Crippen LogP contribution in [0.3, 0.4) is 0 Å². The summed E-state index contributed by atoms with van der Waals surface area (Å²) in [5.74, 6) is 0. The van der Waals surface area contributed by atoms with Crippen molar-refractivity contribution in [3.63, 3.8) is 0 Å². The van der Waals surface area contributed by atoms with Gasteiger partial charge in [0.1, 0.15) is 0 Å². The van der Waals surface area contributed by atoms with Gasteiger partial charge in [0.25, 0.3) is 0 Å². The molecule has 2 aromatic rings. The Kier molecular flexibility index (Phi) is 3.88. The van der Waals surface area contributed by atoms with E-state index in [4.69, 9.17) is 0 Å². The van der Waals surface area contributed by atoms with E-state index in [1.165, 1.54) is 16.2 Å². The number of benzene rings is 2. The van der Waals surface area contributed by atoms with Crippen LogP contribution in [0.1, 0.15) is 26.3 Å². The van der Waals surface area contributed by atoms with Crippen molar-refractivity contribution in [2.24, 2.45) is 0 Å². The molecule has 2 rings (SSSR count). The monoisotopic (exact) mass is 256 g/mol. The largest absolute Gasteiger partial charge is 0.0622 e. The minimum Gasteiger partial charge on any atom is -0.0622 e. The molecule has 0 aromatic heterocycles. The second-order valence-electron chi connectivity index (χ2n) is 5.68. The van der Waals surface area contributed by atoms with Crippen LogP contribution in [0.5, 0.6) is 0 Å². The van der Waals surface area contributed by atoms with Crippen LogP contribution in [-0.2, 0) is 0 Å². The maximum Gasteiger partial charge on any atom is -0.00991 e. The number of hydrogen-bond acceptors (Lipinski definition) is 0. The molecule has 0 saturated heterocycles. The fraction of sp³-hybridized carbons (Fsp3) is 0.294. The zero-order chi connectivity index (χ0) is 13.2. The first kappa shape index (κ1) is 13.3. The van der Waals surface area contributed by atoms with E-state index < -0.39 is 0 Å². The van der Waals surface area contributed by atoms with E-state index in [1.807, 2.05) is 0 Å². The number of aryl methyl sites for hydroxylation is 1.